The van der Waals surface area contributed by atoms with Crippen LogP contribution in [0.2, 0.25) is 0 Å². The van der Waals surface area contributed by atoms with Crippen molar-refractivity contribution in [2.24, 2.45) is 0 Å². The molecule has 112 valence electrons. The molecule has 4 nitrogen and oxygen atoms in total. The van der Waals surface area contributed by atoms with E-state index in [0.717, 1.165) is 5.56 Å². The van der Waals surface area contributed by atoms with Gasteiger partial charge in [-0.1, -0.05) is 5.92 Å². The van der Waals surface area contributed by atoms with Crippen LogP contribution in [0.3, 0.4) is 0 Å². The number of hydrogen-bond acceptors (Lipinski definition) is 3. The van der Waals surface area contributed by atoms with Crippen molar-refractivity contribution in [3.8, 4) is 18.1 Å². The average molecular weight is 290 g/mol. The van der Waals surface area contributed by atoms with Crippen LogP contribution in [0.25, 0.3) is 0 Å². The summed E-state index contributed by atoms with van der Waals surface area (Å²) in [4.78, 5) is 11.7. The van der Waals surface area contributed by atoms with Gasteiger partial charge in [0.05, 0.1) is 6.54 Å². The second-order valence-corrected chi connectivity index (χ2v) is 5.13. The Hall–Kier alpha value is -2.06. The molecule has 1 saturated carbocycles. The molecule has 1 aromatic carbocycles. The summed E-state index contributed by atoms with van der Waals surface area (Å²) in [7, 11) is 0. The van der Waals surface area contributed by atoms with E-state index in [1.807, 2.05) is 0 Å². The van der Waals surface area contributed by atoms with Crippen LogP contribution in [-0.4, -0.2) is 24.6 Å². The molecule has 0 heterocycles. The summed E-state index contributed by atoms with van der Waals surface area (Å²) in [5, 5.41) is 5.83. The summed E-state index contributed by atoms with van der Waals surface area (Å²) in [6.45, 7) is 2.33. The number of ether oxygens (including phenoxy) is 1. The Bertz CT molecular complexity index is 550. The van der Waals surface area contributed by atoms with Crippen molar-refractivity contribution in [2.45, 2.75) is 38.5 Å². The molecule has 5 heteroatoms. The molecule has 0 bridgehead atoms. The van der Waals surface area contributed by atoms with Crippen molar-refractivity contribution >= 4 is 5.91 Å². The van der Waals surface area contributed by atoms with Gasteiger partial charge in [-0.05, 0) is 37.5 Å². The minimum atomic E-state index is -0.732. The molecule has 21 heavy (non-hydrogen) atoms. The summed E-state index contributed by atoms with van der Waals surface area (Å²) in [5.41, 5.74) is 0.799. The van der Waals surface area contributed by atoms with Crippen molar-refractivity contribution in [2.75, 3.05) is 6.54 Å². The number of hydrogen-bond donors (Lipinski definition) is 2. The molecule has 0 saturated heterocycles. The molecule has 1 aromatic rings. The molecule has 1 atom stereocenters. The number of carbonyl (C=O) groups excluding carboxylic acids is 1. The molecular weight excluding hydrogens is 271 g/mol. The molecule has 0 spiro atoms. The Labute approximate surface area is 124 Å². The van der Waals surface area contributed by atoms with Crippen LogP contribution in [0.1, 0.15) is 25.3 Å². The highest BCUT2D eigenvalue weighted by atomic mass is 19.1. The fraction of sp³-hybridized carbons (Fsp3) is 0.438. The minimum absolute atomic E-state index is 0.145. The Morgan fingerprint density at radius 1 is 1.52 bits per heavy atom. The Morgan fingerprint density at radius 3 is 2.95 bits per heavy atom. The third-order valence-corrected chi connectivity index (χ3v) is 3.15. The predicted molar refractivity (Wildman–Crippen MR) is 78.2 cm³/mol. The molecule has 1 aliphatic carbocycles. The molecule has 2 rings (SSSR count). The molecule has 0 aliphatic heterocycles. The number of nitrogens with one attached hydrogen (secondary N) is 2. The van der Waals surface area contributed by atoms with Crippen molar-refractivity contribution in [3.63, 3.8) is 0 Å². The predicted octanol–water partition coefficient (Wildman–Crippen LogP) is 1.59. The molecular formula is C16H19FN2O2. The van der Waals surface area contributed by atoms with Gasteiger partial charge < -0.3 is 15.4 Å². The standard InChI is InChI=1S/C16H19FN2O2/c1-3-6-18-16(20)11(2)21-15-8-12(7-13(17)9-15)10-19-14-4-5-14/h1,7-9,11,14,19H,4-6,10H2,2H3,(H,18,20). The van der Waals surface area contributed by atoms with E-state index < -0.39 is 6.10 Å². The number of halogens is 1. The van der Waals surface area contributed by atoms with E-state index in [2.05, 4.69) is 16.6 Å². The summed E-state index contributed by atoms with van der Waals surface area (Å²) in [6.07, 6.45) is 6.68. The lowest BCUT2D eigenvalue weighted by Crippen LogP contribution is -2.36. The lowest BCUT2D eigenvalue weighted by Gasteiger charge is -2.15. The zero-order valence-corrected chi connectivity index (χ0v) is 12.0. The van der Waals surface area contributed by atoms with Crippen LogP contribution in [0.5, 0.6) is 5.75 Å². The smallest absolute Gasteiger partial charge is 0.261 e. The second-order valence-electron chi connectivity index (χ2n) is 5.13. The van der Waals surface area contributed by atoms with Crippen LogP contribution in [0, 0.1) is 18.2 Å². The maximum atomic E-state index is 13.6. The van der Waals surface area contributed by atoms with Gasteiger partial charge in [0, 0.05) is 18.7 Å². The molecule has 2 N–H and O–H groups in total. The van der Waals surface area contributed by atoms with Gasteiger partial charge in [-0.2, -0.15) is 0 Å². The fourth-order valence-electron chi connectivity index (χ4n) is 1.88. The maximum Gasteiger partial charge on any atom is 0.261 e. The number of carbonyl (C=O) groups is 1. The average Bonchev–Trinajstić information content (AvgIpc) is 3.26. The van der Waals surface area contributed by atoms with E-state index in [1.165, 1.54) is 25.0 Å². The second kappa shape index (κ2) is 7.09. The first-order chi connectivity index (χ1) is 10.1. The van der Waals surface area contributed by atoms with Crippen molar-refractivity contribution < 1.29 is 13.9 Å². The van der Waals surface area contributed by atoms with E-state index in [-0.39, 0.29) is 18.3 Å². The normalized spacial score (nSPS) is 15.1. The van der Waals surface area contributed by atoms with Gasteiger partial charge in [-0.25, -0.2) is 4.39 Å². The number of terminal acetylenes is 1. The molecule has 0 radical (unpaired) electrons. The summed E-state index contributed by atoms with van der Waals surface area (Å²) < 4.78 is 19.1. The topological polar surface area (TPSA) is 50.4 Å². The third kappa shape index (κ3) is 5.09. The zero-order valence-electron chi connectivity index (χ0n) is 12.0. The van der Waals surface area contributed by atoms with Gasteiger partial charge in [0.15, 0.2) is 6.10 Å². The first kappa shape index (κ1) is 15.3. The number of amides is 1. The highest BCUT2D eigenvalue weighted by Gasteiger charge is 2.20. The fourth-order valence-corrected chi connectivity index (χ4v) is 1.88. The summed E-state index contributed by atoms with van der Waals surface area (Å²) in [5.74, 6) is 1.95. The van der Waals surface area contributed by atoms with Crippen LogP contribution in [0.4, 0.5) is 4.39 Å². The molecule has 0 aromatic heterocycles. The first-order valence-corrected chi connectivity index (χ1v) is 6.99. The van der Waals surface area contributed by atoms with Gasteiger partial charge in [-0.3, -0.25) is 4.79 Å². The van der Waals surface area contributed by atoms with Gasteiger partial charge in [0.2, 0.25) is 0 Å². The Balaban J connectivity index is 1.94. The van der Waals surface area contributed by atoms with E-state index in [0.29, 0.717) is 18.3 Å². The summed E-state index contributed by atoms with van der Waals surface area (Å²) in [6, 6.07) is 5.02. The van der Waals surface area contributed by atoms with Crippen LogP contribution in [0.15, 0.2) is 18.2 Å². The Kier molecular flexibility index (Phi) is 5.18. The van der Waals surface area contributed by atoms with E-state index in [4.69, 9.17) is 11.2 Å². The van der Waals surface area contributed by atoms with Gasteiger partial charge >= 0.3 is 0 Å². The quantitative estimate of drug-likeness (QED) is 0.750. The molecule has 1 amide bonds. The molecule has 1 fully saturated rings. The van der Waals surface area contributed by atoms with Gasteiger partial charge in [-0.15, -0.1) is 6.42 Å². The van der Waals surface area contributed by atoms with Crippen LogP contribution >= 0.6 is 0 Å². The number of benzene rings is 1. The minimum Gasteiger partial charge on any atom is -0.481 e. The largest absolute Gasteiger partial charge is 0.481 e. The van der Waals surface area contributed by atoms with Crippen molar-refractivity contribution in [1.82, 2.24) is 10.6 Å². The van der Waals surface area contributed by atoms with Gasteiger partial charge in [0.25, 0.3) is 5.91 Å². The monoisotopic (exact) mass is 290 g/mol. The van der Waals surface area contributed by atoms with Crippen molar-refractivity contribution in [1.29, 1.82) is 0 Å². The maximum absolute atomic E-state index is 13.6. The van der Waals surface area contributed by atoms with E-state index in [1.54, 1.807) is 13.0 Å². The van der Waals surface area contributed by atoms with Crippen LogP contribution < -0.4 is 15.4 Å². The van der Waals surface area contributed by atoms with E-state index >= 15 is 0 Å². The Morgan fingerprint density at radius 2 is 2.29 bits per heavy atom. The van der Waals surface area contributed by atoms with E-state index in [9.17, 15) is 9.18 Å². The first-order valence-electron chi connectivity index (χ1n) is 6.99. The van der Waals surface area contributed by atoms with Crippen LogP contribution in [-0.2, 0) is 11.3 Å². The lowest BCUT2D eigenvalue weighted by molar-refractivity contribution is -0.127. The highest BCUT2D eigenvalue weighted by Crippen LogP contribution is 2.21. The van der Waals surface area contributed by atoms with Gasteiger partial charge in [0.1, 0.15) is 11.6 Å². The highest BCUT2D eigenvalue weighted by molar-refractivity contribution is 5.80. The van der Waals surface area contributed by atoms with Crippen molar-refractivity contribution in [3.05, 3.63) is 29.6 Å². The zero-order chi connectivity index (χ0) is 15.2. The SMILES string of the molecule is C#CCNC(=O)C(C)Oc1cc(F)cc(CNC2CC2)c1. The molecule has 1 aliphatic rings. The lowest BCUT2D eigenvalue weighted by atomic mass is 10.2. The third-order valence-electron chi connectivity index (χ3n) is 3.15. The molecule has 1 unspecified atom stereocenters. The summed E-state index contributed by atoms with van der Waals surface area (Å²) >= 11 is 0. The number of rotatable bonds is 7.